The highest BCUT2D eigenvalue weighted by Crippen LogP contribution is 2.33. The van der Waals surface area contributed by atoms with Crippen LogP contribution in [-0.4, -0.2) is 12.0 Å². The summed E-state index contributed by atoms with van der Waals surface area (Å²) in [6, 6.07) is 7.14. The number of rotatable bonds is 5. The van der Waals surface area contributed by atoms with Crippen LogP contribution in [0.4, 0.5) is 11.4 Å². The summed E-state index contributed by atoms with van der Waals surface area (Å²) in [5, 5.41) is 14.4. The number of benzene rings is 1. The molecule has 1 heterocycles. The number of nitrogens with one attached hydrogen (secondary N) is 1. The van der Waals surface area contributed by atoms with Crippen molar-refractivity contribution >= 4 is 22.7 Å². The zero-order valence-electron chi connectivity index (χ0n) is 12.5. The van der Waals surface area contributed by atoms with Crippen LogP contribution in [0.5, 0.6) is 5.75 Å². The van der Waals surface area contributed by atoms with Gasteiger partial charge in [0.1, 0.15) is 0 Å². The molecule has 0 bridgehead atoms. The molecule has 6 heteroatoms. The van der Waals surface area contributed by atoms with Gasteiger partial charge in [0.05, 0.1) is 12.0 Å². The number of hydrogen-bond acceptors (Lipinski definition) is 5. The molecule has 2 rings (SSSR count). The Morgan fingerprint density at radius 3 is 2.57 bits per heavy atom. The summed E-state index contributed by atoms with van der Waals surface area (Å²) in [7, 11) is 1.43. The van der Waals surface area contributed by atoms with Crippen molar-refractivity contribution in [3.63, 3.8) is 0 Å². The average Bonchev–Trinajstić information content (AvgIpc) is 2.77. The third-order valence-electron chi connectivity index (χ3n) is 3.30. The summed E-state index contributed by atoms with van der Waals surface area (Å²) in [4.78, 5) is 13.1. The number of nitrogens with zero attached hydrogens (tertiary/aromatic N) is 1. The maximum atomic E-state index is 11.0. The molecular weight excluding hydrogens is 288 g/mol. The molecule has 1 aromatic carbocycles. The van der Waals surface area contributed by atoms with Gasteiger partial charge in [0.15, 0.2) is 5.75 Å². The van der Waals surface area contributed by atoms with Crippen molar-refractivity contribution < 1.29 is 9.66 Å². The molecule has 0 aliphatic carbocycles. The number of aryl methyl sites for hydroxylation is 2. The van der Waals surface area contributed by atoms with Crippen molar-refractivity contribution in [2.45, 2.75) is 26.8 Å². The van der Waals surface area contributed by atoms with Crippen molar-refractivity contribution in [1.82, 2.24) is 0 Å². The van der Waals surface area contributed by atoms with Crippen LogP contribution in [0.3, 0.4) is 0 Å². The highest BCUT2D eigenvalue weighted by atomic mass is 32.1. The van der Waals surface area contributed by atoms with Gasteiger partial charge in [-0.2, -0.15) is 0 Å². The van der Waals surface area contributed by atoms with Crippen LogP contribution in [0, 0.1) is 24.0 Å². The zero-order chi connectivity index (χ0) is 15.6. The normalized spacial score (nSPS) is 12.0. The molecule has 21 heavy (non-hydrogen) atoms. The van der Waals surface area contributed by atoms with E-state index in [9.17, 15) is 10.1 Å². The van der Waals surface area contributed by atoms with E-state index in [0.717, 1.165) is 0 Å². The Bertz CT molecular complexity index is 667. The maximum Gasteiger partial charge on any atom is 0.312 e. The molecule has 1 atom stereocenters. The number of nitro groups is 1. The average molecular weight is 306 g/mol. The Hall–Kier alpha value is -2.08. The first-order valence-corrected chi connectivity index (χ1v) is 7.40. The zero-order valence-corrected chi connectivity index (χ0v) is 13.3. The minimum atomic E-state index is -0.436. The Morgan fingerprint density at radius 1 is 1.33 bits per heavy atom. The summed E-state index contributed by atoms with van der Waals surface area (Å²) < 4.78 is 5.01. The van der Waals surface area contributed by atoms with Gasteiger partial charge in [-0.25, -0.2) is 0 Å². The largest absolute Gasteiger partial charge is 0.490 e. The third kappa shape index (κ3) is 3.33. The van der Waals surface area contributed by atoms with E-state index in [1.165, 1.54) is 28.5 Å². The summed E-state index contributed by atoms with van der Waals surface area (Å²) in [5.41, 5.74) is 1.89. The molecule has 0 amide bonds. The molecule has 0 spiro atoms. The standard InChI is InChI=1S/C15H18N2O3S/c1-9-7-13(11(3)21-9)10(2)16-12-5-6-15(20-4)14(8-12)17(18)19/h5-8,10,16H,1-4H3. The molecule has 112 valence electrons. The minimum Gasteiger partial charge on any atom is -0.490 e. The van der Waals surface area contributed by atoms with Crippen LogP contribution >= 0.6 is 11.3 Å². The third-order valence-corrected chi connectivity index (χ3v) is 4.29. The van der Waals surface area contributed by atoms with E-state index in [4.69, 9.17) is 4.74 Å². The molecule has 2 aromatic rings. The molecule has 1 unspecified atom stereocenters. The molecule has 0 saturated carbocycles. The lowest BCUT2D eigenvalue weighted by Gasteiger charge is -2.15. The predicted molar refractivity (Wildman–Crippen MR) is 85.5 cm³/mol. The highest BCUT2D eigenvalue weighted by Gasteiger charge is 2.17. The topological polar surface area (TPSA) is 64.4 Å². The second kappa shape index (κ2) is 6.13. The van der Waals surface area contributed by atoms with Gasteiger partial charge in [-0.3, -0.25) is 10.1 Å². The molecule has 0 aliphatic rings. The smallest absolute Gasteiger partial charge is 0.312 e. The Labute approximate surface area is 127 Å². The van der Waals surface area contributed by atoms with Gasteiger partial charge in [-0.05, 0) is 44.5 Å². The van der Waals surface area contributed by atoms with Crippen molar-refractivity contribution in [2.75, 3.05) is 12.4 Å². The van der Waals surface area contributed by atoms with Crippen LogP contribution in [-0.2, 0) is 0 Å². The maximum absolute atomic E-state index is 11.0. The monoisotopic (exact) mass is 306 g/mol. The van der Waals surface area contributed by atoms with Gasteiger partial charge in [0, 0.05) is 27.5 Å². The lowest BCUT2D eigenvalue weighted by Crippen LogP contribution is -2.07. The number of thiophene rings is 1. The molecule has 1 N–H and O–H groups in total. The molecule has 0 fully saturated rings. The first-order chi connectivity index (χ1) is 9.92. The first kappa shape index (κ1) is 15.3. The lowest BCUT2D eigenvalue weighted by atomic mass is 10.1. The van der Waals surface area contributed by atoms with Crippen molar-refractivity contribution in [3.8, 4) is 5.75 Å². The van der Waals surface area contributed by atoms with E-state index in [2.05, 4.69) is 25.2 Å². The summed E-state index contributed by atoms with van der Waals surface area (Å²) in [6.07, 6.45) is 0. The van der Waals surface area contributed by atoms with Gasteiger partial charge in [0.2, 0.25) is 0 Å². The highest BCUT2D eigenvalue weighted by molar-refractivity contribution is 7.12. The Kier molecular flexibility index (Phi) is 4.47. The van der Waals surface area contributed by atoms with Gasteiger partial charge in [-0.15, -0.1) is 11.3 Å². The van der Waals surface area contributed by atoms with E-state index >= 15 is 0 Å². The van der Waals surface area contributed by atoms with Gasteiger partial charge >= 0.3 is 5.69 Å². The van der Waals surface area contributed by atoms with E-state index < -0.39 is 4.92 Å². The first-order valence-electron chi connectivity index (χ1n) is 6.58. The SMILES string of the molecule is COc1ccc(NC(C)c2cc(C)sc2C)cc1[N+](=O)[O-]. The fourth-order valence-corrected chi connectivity index (χ4v) is 3.35. The number of hydrogen-bond donors (Lipinski definition) is 1. The Morgan fingerprint density at radius 2 is 2.05 bits per heavy atom. The molecule has 0 aliphatic heterocycles. The molecule has 1 aromatic heterocycles. The van der Waals surface area contributed by atoms with E-state index in [0.29, 0.717) is 5.69 Å². The number of nitro benzene ring substituents is 1. The summed E-state index contributed by atoms with van der Waals surface area (Å²) in [6.45, 7) is 6.21. The molecule has 5 nitrogen and oxygen atoms in total. The molecular formula is C15H18N2O3S. The van der Waals surface area contributed by atoms with Crippen LogP contribution in [0.15, 0.2) is 24.3 Å². The van der Waals surface area contributed by atoms with E-state index in [1.54, 1.807) is 23.5 Å². The minimum absolute atomic E-state index is 0.0343. The fraction of sp³-hybridized carbons (Fsp3) is 0.333. The Balaban J connectivity index is 2.25. The lowest BCUT2D eigenvalue weighted by molar-refractivity contribution is -0.385. The number of ether oxygens (including phenoxy) is 1. The molecule has 0 radical (unpaired) electrons. The fourth-order valence-electron chi connectivity index (χ4n) is 2.33. The molecule has 0 saturated heterocycles. The summed E-state index contributed by atoms with van der Waals surface area (Å²) in [5.74, 6) is 0.265. The van der Waals surface area contributed by atoms with Gasteiger partial charge < -0.3 is 10.1 Å². The van der Waals surface area contributed by atoms with Crippen LogP contribution in [0.25, 0.3) is 0 Å². The van der Waals surface area contributed by atoms with Crippen LogP contribution < -0.4 is 10.1 Å². The van der Waals surface area contributed by atoms with Crippen molar-refractivity contribution in [1.29, 1.82) is 0 Å². The second-order valence-corrected chi connectivity index (χ2v) is 6.34. The van der Waals surface area contributed by atoms with Crippen LogP contribution in [0.2, 0.25) is 0 Å². The van der Waals surface area contributed by atoms with Gasteiger partial charge in [0.25, 0.3) is 0 Å². The quantitative estimate of drug-likeness (QED) is 0.654. The van der Waals surface area contributed by atoms with E-state index in [-0.39, 0.29) is 17.5 Å². The number of anilines is 1. The van der Waals surface area contributed by atoms with Crippen molar-refractivity contribution in [2.24, 2.45) is 0 Å². The summed E-state index contributed by atoms with van der Waals surface area (Å²) >= 11 is 1.75. The number of methoxy groups -OCH3 is 1. The second-order valence-electron chi connectivity index (χ2n) is 4.88. The van der Waals surface area contributed by atoms with Crippen molar-refractivity contribution in [3.05, 3.63) is 49.7 Å². The van der Waals surface area contributed by atoms with Crippen LogP contribution in [0.1, 0.15) is 28.3 Å². The van der Waals surface area contributed by atoms with Gasteiger partial charge in [-0.1, -0.05) is 0 Å². The van der Waals surface area contributed by atoms with E-state index in [1.807, 2.05) is 6.92 Å². The predicted octanol–water partition coefficient (Wildman–Crippen LogP) is 4.45.